The molecule has 0 atom stereocenters. The smallest absolute Gasteiger partial charge is 0.180 e. The van der Waals surface area contributed by atoms with Crippen LogP contribution in [0.4, 0.5) is 0 Å². The van der Waals surface area contributed by atoms with Gasteiger partial charge in [0.1, 0.15) is 10.8 Å². The Morgan fingerprint density at radius 3 is 2.34 bits per heavy atom. The molecule has 0 aliphatic rings. The highest BCUT2D eigenvalue weighted by atomic mass is 32.1. The normalized spacial score (nSPS) is 11.5. The van der Waals surface area contributed by atoms with Crippen LogP contribution in [0, 0.1) is 6.92 Å². The lowest BCUT2D eigenvalue weighted by molar-refractivity contribution is 0.722. The number of hydrogen-bond acceptors (Lipinski definition) is 6. The molecule has 8 heteroatoms. The van der Waals surface area contributed by atoms with Crippen molar-refractivity contribution in [1.82, 2.24) is 35.2 Å². The second-order valence-electron chi connectivity index (χ2n) is 12.0. The minimum absolute atomic E-state index is 0.649. The van der Waals surface area contributed by atoms with Gasteiger partial charge in [0.05, 0.1) is 21.3 Å². The van der Waals surface area contributed by atoms with Gasteiger partial charge in [0, 0.05) is 24.1 Å². The number of nitrogens with one attached hydrogen (secondary N) is 1. The Labute approximate surface area is 277 Å². The van der Waals surface area contributed by atoms with Crippen LogP contribution in [0.2, 0.25) is 0 Å². The fourth-order valence-corrected chi connectivity index (χ4v) is 7.34. The average Bonchev–Trinajstić information content (AvgIpc) is 3.86. The molecule has 7 nitrogen and oxygen atoms in total. The van der Waals surface area contributed by atoms with Crippen molar-refractivity contribution < 1.29 is 0 Å². The summed E-state index contributed by atoms with van der Waals surface area (Å²) in [6.07, 6.45) is 2.81. The number of thiazole rings is 1. The second kappa shape index (κ2) is 12.4. The van der Waals surface area contributed by atoms with Gasteiger partial charge < -0.3 is 4.57 Å². The van der Waals surface area contributed by atoms with E-state index in [0.29, 0.717) is 12.4 Å². The van der Waals surface area contributed by atoms with Crippen molar-refractivity contribution in [2.75, 3.05) is 0 Å². The SMILES string of the molecule is CCCc1nc2c(C)cc(-c3nc4cc(Cc5ccccc5)ccc4s3)cc2n1Cc1ccc(-c2ccccc2)c(-c2nnn[nH]2)c1. The zero-order valence-corrected chi connectivity index (χ0v) is 27.1. The van der Waals surface area contributed by atoms with Crippen LogP contribution in [0.5, 0.6) is 0 Å². The molecule has 5 aromatic carbocycles. The zero-order valence-electron chi connectivity index (χ0n) is 26.3. The molecular formula is C39H33N7S. The summed E-state index contributed by atoms with van der Waals surface area (Å²) >= 11 is 1.75. The van der Waals surface area contributed by atoms with E-state index in [9.17, 15) is 0 Å². The molecule has 0 radical (unpaired) electrons. The summed E-state index contributed by atoms with van der Waals surface area (Å²) in [5.74, 6) is 1.74. The fraction of sp³-hybridized carbons (Fsp3) is 0.154. The van der Waals surface area contributed by atoms with Crippen molar-refractivity contribution in [3.63, 3.8) is 0 Å². The van der Waals surface area contributed by atoms with Crippen molar-refractivity contribution in [2.45, 2.75) is 39.7 Å². The highest BCUT2D eigenvalue weighted by molar-refractivity contribution is 7.21. The van der Waals surface area contributed by atoms with E-state index in [0.717, 1.165) is 80.0 Å². The van der Waals surface area contributed by atoms with Crippen LogP contribution in [0.3, 0.4) is 0 Å². The van der Waals surface area contributed by atoms with Crippen molar-refractivity contribution in [2.24, 2.45) is 0 Å². The summed E-state index contributed by atoms with van der Waals surface area (Å²) in [7, 11) is 0. The van der Waals surface area contributed by atoms with Gasteiger partial charge in [0.2, 0.25) is 0 Å². The van der Waals surface area contributed by atoms with Gasteiger partial charge >= 0.3 is 0 Å². The Kier molecular flexibility index (Phi) is 7.63. The summed E-state index contributed by atoms with van der Waals surface area (Å²) in [5, 5.41) is 16.0. The number of hydrogen-bond donors (Lipinski definition) is 1. The van der Waals surface area contributed by atoms with Gasteiger partial charge in [-0.1, -0.05) is 85.8 Å². The number of fused-ring (bicyclic) bond motifs is 2. The summed E-state index contributed by atoms with van der Waals surface area (Å²) in [5.41, 5.74) is 12.4. The number of aromatic nitrogens is 7. The first kappa shape index (κ1) is 29.0. The molecule has 3 aromatic heterocycles. The standard InChI is InChI=1S/C39H33N7S/c1-3-10-36-41-37-25(2)19-30(39-40-33-22-27(16-18-35(33)47-39)20-26-11-6-4-7-12-26)23-34(37)46(36)24-28-15-17-31(29-13-8-5-9-14-29)32(21-28)38-42-44-45-43-38/h4-9,11-19,21-23H,3,10,20,24H2,1-2H3,(H,42,43,44,45). The molecule has 230 valence electrons. The van der Waals surface area contributed by atoms with E-state index in [1.165, 1.54) is 15.8 Å². The highest BCUT2D eigenvalue weighted by Crippen LogP contribution is 2.36. The van der Waals surface area contributed by atoms with Gasteiger partial charge in [0.15, 0.2) is 5.82 Å². The lowest BCUT2D eigenvalue weighted by Crippen LogP contribution is -2.06. The van der Waals surface area contributed by atoms with Crippen molar-refractivity contribution >= 4 is 32.6 Å². The largest absolute Gasteiger partial charge is 0.323 e. The molecule has 0 saturated heterocycles. The third-order valence-corrected chi connectivity index (χ3v) is 9.74. The van der Waals surface area contributed by atoms with E-state index < -0.39 is 0 Å². The van der Waals surface area contributed by atoms with E-state index in [2.05, 4.69) is 142 Å². The first-order chi connectivity index (χ1) is 23.1. The average molecular weight is 632 g/mol. The van der Waals surface area contributed by atoms with E-state index >= 15 is 0 Å². The first-order valence-corrected chi connectivity index (χ1v) is 16.8. The lowest BCUT2D eigenvalue weighted by Gasteiger charge is -2.13. The van der Waals surface area contributed by atoms with E-state index in [1.807, 2.05) is 6.07 Å². The van der Waals surface area contributed by atoms with Crippen molar-refractivity contribution in [3.8, 4) is 33.1 Å². The molecular weight excluding hydrogens is 599 g/mol. The Bertz CT molecular complexity index is 2320. The maximum Gasteiger partial charge on any atom is 0.180 e. The maximum atomic E-state index is 5.17. The monoisotopic (exact) mass is 631 g/mol. The number of imidazole rings is 1. The summed E-state index contributed by atoms with van der Waals surface area (Å²) in [6, 6.07) is 38.7. The number of H-pyrrole nitrogens is 1. The molecule has 8 rings (SSSR count). The molecule has 47 heavy (non-hydrogen) atoms. The minimum Gasteiger partial charge on any atom is -0.323 e. The van der Waals surface area contributed by atoms with Gasteiger partial charge in [-0.25, -0.2) is 15.1 Å². The molecule has 0 aliphatic carbocycles. The van der Waals surface area contributed by atoms with Crippen molar-refractivity contribution in [1.29, 1.82) is 0 Å². The summed E-state index contributed by atoms with van der Waals surface area (Å²) < 4.78 is 3.57. The van der Waals surface area contributed by atoms with Crippen LogP contribution in [0.1, 0.15) is 41.4 Å². The predicted molar refractivity (Wildman–Crippen MR) is 190 cm³/mol. The van der Waals surface area contributed by atoms with E-state index in [4.69, 9.17) is 9.97 Å². The molecule has 0 amide bonds. The molecule has 3 heterocycles. The van der Waals surface area contributed by atoms with Gasteiger partial charge in [-0.2, -0.15) is 0 Å². The zero-order chi connectivity index (χ0) is 31.7. The van der Waals surface area contributed by atoms with Crippen LogP contribution in [-0.2, 0) is 19.4 Å². The Hall–Kier alpha value is -5.47. The molecule has 0 aliphatic heterocycles. The topological polar surface area (TPSA) is 85.2 Å². The maximum absolute atomic E-state index is 5.17. The number of aromatic amines is 1. The van der Waals surface area contributed by atoms with Crippen molar-refractivity contribution in [3.05, 3.63) is 137 Å². The predicted octanol–water partition coefficient (Wildman–Crippen LogP) is 9.06. The van der Waals surface area contributed by atoms with Gasteiger partial charge in [0.25, 0.3) is 0 Å². The number of tetrazole rings is 1. The number of aryl methyl sites for hydroxylation is 2. The second-order valence-corrected chi connectivity index (χ2v) is 13.0. The fourth-order valence-electron chi connectivity index (χ4n) is 6.40. The number of nitrogens with zero attached hydrogens (tertiary/aromatic N) is 6. The molecule has 0 fully saturated rings. The number of rotatable bonds is 9. The molecule has 8 aromatic rings. The van der Waals surface area contributed by atoms with Crippen LogP contribution < -0.4 is 0 Å². The number of benzene rings is 5. The van der Waals surface area contributed by atoms with Crippen LogP contribution in [0.25, 0.3) is 54.3 Å². The summed E-state index contributed by atoms with van der Waals surface area (Å²) in [6.45, 7) is 5.05. The Balaban J connectivity index is 1.19. The molecule has 1 N–H and O–H groups in total. The highest BCUT2D eigenvalue weighted by Gasteiger charge is 2.18. The lowest BCUT2D eigenvalue weighted by atomic mass is 9.97. The van der Waals surface area contributed by atoms with E-state index in [-0.39, 0.29) is 0 Å². The Morgan fingerprint density at radius 2 is 1.55 bits per heavy atom. The van der Waals surface area contributed by atoms with Gasteiger partial charge in [-0.15, -0.1) is 16.4 Å². The summed E-state index contributed by atoms with van der Waals surface area (Å²) in [4.78, 5) is 10.3. The van der Waals surface area contributed by atoms with E-state index in [1.54, 1.807) is 11.3 Å². The van der Waals surface area contributed by atoms with Gasteiger partial charge in [-0.3, -0.25) is 0 Å². The Morgan fingerprint density at radius 1 is 0.745 bits per heavy atom. The molecule has 0 unspecified atom stereocenters. The third kappa shape index (κ3) is 5.72. The quantitative estimate of drug-likeness (QED) is 0.172. The van der Waals surface area contributed by atoms with Crippen LogP contribution in [-0.4, -0.2) is 35.2 Å². The first-order valence-electron chi connectivity index (χ1n) is 16.0. The molecule has 0 bridgehead atoms. The molecule has 0 spiro atoms. The van der Waals surface area contributed by atoms with Crippen LogP contribution >= 0.6 is 11.3 Å². The van der Waals surface area contributed by atoms with Crippen LogP contribution in [0.15, 0.2) is 109 Å². The minimum atomic E-state index is 0.649. The van der Waals surface area contributed by atoms with Gasteiger partial charge in [-0.05, 0) is 93.9 Å². The molecule has 0 saturated carbocycles. The third-order valence-electron chi connectivity index (χ3n) is 8.66.